The van der Waals surface area contributed by atoms with Crippen molar-refractivity contribution in [3.8, 4) is 0 Å². The van der Waals surface area contributed by atoms with E-state index in [1.54, 1.807) is 5.57 Å². The van der Waals surface area contributed by atoms with Crippen LogP contribution in [0.1, 0.15) is 140 Å². The molecule has 7 heteroatoms. The molecule has 2 aromatic carbocycles. The molecule has 12 atom stereocenters. The molecule has 350 valence electrons. The molecule has 2 aromatic heterocycles. The first-order chi connectivity index (χ1) is 32.2. The topological polar surface area (TPSA) is 70.5 Å². The van der Waals surface area contributed by atoms with Crippen LogP contribution in [0.3, 0.4) is 0 Å². The average Bonchev–Trinajstić information content (AvgIpc) is 4.05. The summed E-state index contributed by atoms with van der Waals surface area (Å²) in [6.45, 7) is 5.10. The molecule has 6 aliphatic carbocycles. The molecule has 0 N–H and O–H groups in total. The van der Waals surface area contributed by atoms with Gasteiger partial charge >= 0.3 is 0 Å². The summed E-state index contributed by atoms with van der Waals surface area (Å²) in [5.74, 6) is 2.26. The van der Waals surface area contributed by atoms with Gasteiger partial charge in [-0.05, 0) is 207 Å². The maximum Gasteiger partial charge on any atom is 0.0975 e. The molecule has 6 heterocycles. The highest BCUT2D eigenvalue weighted by molar-refractivity contribution is 5.83. The van der Waals surface area contributed by atoms with E-state index < -0.39 is 0 Å². The lowest BCUT2D eigenvalue weighted by atomic mass is 9.58. The lowest BCUT2D eigenvalue weighted by molar-refractivity contribution is -0.869. The smallest absolute Gasteiger partial charge is 0.0975 e. The number of fused-ring (bicyclic) bond motifs is 4. The number of hydrogen-bond donors (Lipinski definition) is 0. The Hall–Kier alpha value is -3.98. The third kappa shape index (κ3) is 6.19. The number of hydrogen-bond acceptors (Lipinski definition) is 6. The molecule has 2 unspecified atom stereocenters. The predicted molar refractivity (Wildman–Crippen MR) is 268 cm³/mol. The van der Waals surface area contributed by atoms with Crippen molar-refractivity contribution < 1.29 is 14.1 Å². The van der Waals surface area contributed by atoms with Crippen molar-refractivity contribution in [1.82, 2.24) is 14.9 Å². The molecule has 6 fully saturated rings. The van der Waals surface area contributed by atoms with Crippen molar-refractivity contribution in [2.45, 2.75) is 163 Å². The van der Waals surface area contributed by atoms with E-state index in [9.17, 15) is 5.21 Å². The molecule has 4 bridgehead atoms. The normalized spacial score (nSPS) is 41.1. The Balaban J connectivity index is 0.000000133. The zero-order valence-corrected chi connectivity index (χ0v) is 41.0. The molecule has 0 radical (unpaired) electrons. The van der Waals surface area contributed by atoms with Gasteiger partial charge in [-0.1, -0.05) is 62.4 Å². The molecule has 10 aliphatic rings. The number of quaternary nitrogens is 1. The van der Waals surface area contributed by atoms with Crippen molar-refractivity contribution in [3.05, 3.63) is 136 Å². The van der Waals surface area contributed by atoms with E-state index in [-0.39, 0.29) is 43.9 Å². The van der Waals surface area contributed by atoms with E-state index in [2.05, 4.69) is 116 Å². The summed E-state index contributed by atoms with van der Waals surface area (Å²) in [4.78, 5) is 11.2. The molecule has 4 aliphatic heterocycles. The molecule has 4 spiro atoms. The Morgan fingerprint density at radius 3 is 1.63 bits per heavy atom. The van der Waals surface area contributed by atoms with Gasteiger partial charge in [0.05, 0.1) is 42.5 Å². The van der Waals surface area contributed by atoms with Crippen LogP contribution in [-0.4, -0.2) is 82.2 Å². The number of aromatic nitrogens is 2. The molecule has 2 saturated heterocycles. The van der Waals surface area contributed by atoms with Crippen LogP contribution in [0.5, 0.6) is 0 Å². The third-order valence-electron chi connectivity index (χ3n) is 21.1. The van der Waals surface area contributed by atoms with E-state index in [0.717, 1.165) is 38.5 Å². The maximum absolute atomic E-state index is 12.9. The van der Waals surface area contributed by atoms with Crippen LogP contribution in [0.2, 0.25) is 0 Å². The summed E-state index contributed by atoms with van der Waals surface area (Å²) < 4.78 is 14.6. The van der Waals surface area contributed by atoms with Gasteiger partial charge in [0.2, 0.25) is 0 Å². The number of benzene rings is 2. The zero-order valence-electron chi connectivity index (χ0n) is 41.0. The Bertz CT molecular complexity index is 2820. The molecule has 7 nitrogen and oxygen atoms in total. The Morgan fingerprint density at radius 2 is 1.12 bits per heavy atom. The van der Waals surface area contributed by atoms with Crippen LogP contribution >= 0.6 is 0 Å². The predicted octanol–water partition coefficient (Wildman–Crippen LogP) is 12.8. The van der Waals surface area contributed by atoms with Gasteiger partial charge in [-0.15, -0.1) is 0 Å². The minimum Gasteiger partial charge on any atom is -0.633 e. The zero-order chi connectivity index (χ0) is 45.8. The molecular formula is C60H72N4O3. The summed E-state index contributed by atoms with van der Waals surface area (Å²) in [7, 11) is 8.11. The van der Waals surface area contributed by atoms with Gasteiger partial charge in [0.25, 0.3) is 0 Å². The van der Waals surface area contributed by atoms with Gasteiger partial charge in [0.1, 0.15) is 0 Å². The molecular weight excluding hydrogens is 825 g/mol. The van der Waals surface area contributed by atoms with E-state index in [1.807, 2.05) is 38.9 Å². The van der Waals surface area contributed by atoms with Gasteiger partial charge in [0, 0.05) is 54.4 Å². The van der Waals surface area contributed by atoms with Crippen LogP contribution in [0.25, 0.3) is 21.5 Å². The van der Waals surface area contributed by atoms with E-state index in [1.165, 1.54) is 114 Å². The maximum atomic E-state index is 12.9. The fourth-order valence-electron chi connectivity index (χ4n) is 17.5. The van der Waals surface area contributed by atoms with Crippen molar-refractivity contribution in [1.29, 1.82) is 0 Å². The van der Waals surface area contributed by atoms with E-state index in [4.69, 9.17) is 9.47 Å². The van der Waals surface area contributed by atoms with Crippen LogP contribution in [0.15, 0.2) is 120 Å². The number of hydroxylamine groups is 3. The lowest BCUT2D eigenvalue weighted by Gasteiger charge is -2.55. The second-order valence-corrected chi connectivity index (χ2v) is 24.6. The highest BCUT2D eigenvalue weighted by atomic mass is 16.6. The molecule has 0 amide bonds. The van der Waals surface area contributed by atoms with Gasteiger partial charge in [-0.3, -0.25) is 9.97 Å². The molecule has 67 heavy (non-hydrogen) atoms. The number of allylic oxidation sites excluding steroid dienone is 2. The van der Waals surface area contributed by atoms with Gasteiger partial charge < -0.3 is 24.2 Å². The van der Waals surface area contributed by atoms with Crippen LogP contribution in [-0.2, 0) is 9.47 Å². The van der Waals surface area contributed by atoms with Crippen LogP contribution in [0, 0.1) is 27.9 Å². The summed E-state index contributed by atoms with van der Waals surface area (Å²) in [5, 5.41) is 17.9. The third-order valence-corrected chi connectivity index (χ3v) is 21.1. The highest BCUT2D eigenvalue weighted by Gasteiger charge is 2.68. The first-order valence-corrected chi connectivity index (χ1v) is 26.3. The number of pyridine rings is 2. The van der Waals surface area contributed by atoms with Gasteiger partial charge in [-0.2, -0.15) is 0 Å². The van der Waals surface area contributed by atoms with Crippen LogP contribution < -0.4 is 0 Å². The standard InChI is InChI=1S/C30H36N2O2.C30H36N2O/c1-28-12-10-24-17-23-6-7-25(32(2,3)33)18-29(23)13-14-30(24,34-29)27(28)9-8-26(28)21-5-4-20-11-15-31-19-22(20)16-21;1-28-12-10-24-17-23-6-7-25(32(2)3)18-29(23)13-14-30(24,33-29)27(28)9-8-26(28)21-5-4-20-11-15-31-19-22(20)16-21/h4-5,10-11,15-17,19,25-27H,6-9,12-14,18H2,1-3H3;4-5,10-11,15-17,19,25-27H,6-9,12-14,18H2,1-3H3/t2*25-,26-,27-,28-,29-,30?/m11/s1. The number of rotatable bonds is 4. The second-order valence-electron chi connectivity index (χ2n) is 24.6. The fourth-order valence-corrected chi connectivity index (χ4v) is 17.5. The summed E-state index contributed by atoms with van der Waals surface area (Å²) >= 11 is 0. The van der Waals surface area contributed by atoms with Gasteiger partial charge in [-0.25, -0.2) is 0 Å². The Morgan fingerprint density at radius 1 is 0.612 bits per heavy atom. The first-order valence-electron chi connectivity index (χ1n) is 26.3. The second kappa shape index (κ2) is 14.8. The van der Waals surface area contributed by atoms with Crippen molar-refractivity contribution in [2.24, 2.45) is 22.7 Å². The van der Waals surface area contributed by atoms with Crippen molar-refractivity contribution in [2.75, 3.05) is 28.2 Å². The molecule has 14 rings (SSSR count). The highest BCUT2D eigenvalue weighted by Crippen LogP contribution is 2.71. The minimum atomic E-state index is -0.203. The molecule has 4 aromatic rings. The Labute approximate surface area is 399 Å². The summed E-state index contributed by atoms with van der Waals surface area (Å²) in [5.41, 5.74) is 9.03. The van der Waals surface area contributed by atoms with Crippen molar-refractivity contribution in [3.63, 3.8) is 0 Å². The average molecular weight is 897 g/mol. The number of nitrogens with zero attached hydrogens (tertiary/aromatic N) is 4. The van der Waals surface area contributed by atoms with Crippen LogP contribution in [0.4, 0.5) is 0 Å². The summed E-state index contributed by atoms with van der Waals surface area (Å²) in [6, 6.07) is 19.1. The SMILES string of the molecule is CN(C)[C@@H]1CCC2=CC3=CC[C@]4(C)[C@@H](c5ccc6ccncc6c5)CC[C@H]4C34CC[C@]2(C1)O4.C[C@]12CC=C3C=C4CC[C@@H]([N+](C)(C)[O-])C[C@]45CCC3(O5)[C@@H]1CC[C@@H]2c1ccc2ccncc2c1. The van der Waals surface area contributed by atoms with E-state index in [0.29, 0.717) is 29.7 Å². The quantitative estimate of drug-likeness (QED) is 0.150. The summed E-state index contributed by atoms with van der Waals surface area (Å²) in [6.07, 6.45) is 36.4. The molecule has 4 saturated carbocycles. The largest absolute Gasteiger partial charge is 0.633 e. The fraction of sp³-hybridized carbons (Fsp3) is 0.567. The minimum absolute atomic E-state index is 0.00448. The van der Waals surface area contributed by atoms with Gasteiger partial charge in [0.15, 0.2) is 0 Å². The monoisotopic (exact) mass is 897 g/mol. The number of ether oxygens (including phenoxy) is 2. The lowest BCUT2D eigenvalue weighted by Crippen LogP contribution is -2.56. The Kier molecular flexibility index (Phi) is 9.50. The van der Waals surface area contributed by atoms with Crippen molar-refractivity contribution >= 4 is 21.5 Å². The van der Waals surface area contributed by atoms with E-state index >= 15 is 0 Å². The first kappa shape index (κ1) is 43.1.